The molecule has 0 heterocycles. The molecule has 0 radical (unpaired) electrons. The van der Waals surface area contributed by atoms with E-state index in [9.17, 15) is 19.8 Å². The zero-order valence-corrected chi connectivity index (χ0v) is 11.1. The highest BCUT2D eigenvalue weighted by Gasteiger charge is 2.31. The van der Waals surface area contributed by atoms with E-state index >= 15 is 0 Å². The maximum Gasteiger partial charge on any atom is 0.394 e. The minimum absolute atomic E-state index is 0.235. The molecule has 0 aliphatic carbocycles. The van der Waals surface area contributed by atoms with E-state index in [0.717, 1.165) is 6.92 Å². The lowest BCUT2D eigenvalue weighted by molar-refractivity contribution is -0.129. The van der Waals surface area contributed by atoms with Gasteiger partial charge in [-0.05, 0) is 0 Å². The van der Waals surface area contributed by atoms with Crippen molar-refractivity contribution in [2.45, 2.75) is 31.3 Å². The number of amides is 1. The average molecular weight is 319 g/mol. The normalized spacial score (nSPS) is 16.9. The molecular formula is C8H17NO10S. The zero-order valence-electron chi connectivity index (χ0n) is 10.3. The number of aliphatic hydroxyl groups excluding tert-OH is 4. The standard InChI is InChI=1S/C8H15NO6.H2O4S/c1-4(12)9-5(2-10)7(14)8(15)6(13)3-11;1-5(2,3)4/h2,5-8,11,13-15H,3H2,1H3,(H,9,12);(H2,1,2,3,4)/t5-,6+,7+,8+;/m0./s1. The predicted octanol–water partition coefficient (Wildman–Crippen LogP) is -3.89. The lowest BCUT2D eigenvalue weighted by Crippen LogP contribution is -2.53. The monoisotopic (exact) mass is 319 g/mol. The first-order chi connectivity index (χ1) is 8.93. The Morgan fingerprint density at radius 3 is 1.85 bits per heavy atom. The van der Waals surface area contributed by atoms with Crippen LogP contribution < -0.4 is 5.32 Å². The lowest BCUT2D eigenvalue weighted by atomic mass is 10.0. The Labute approximate surface area is 114 Å². The van der Waals surface area contributed by atoms with Crippen LogP contribution in [0.3, 0.4) is 0 Å². The molecule has 0 aromatic heterocycles. The van der Waals surface area contributed by atoms with Gasteiger partial charge in [-0.15, -0.1) is 0 Å². The highest BCUT2D eigenvalue weighted by Crippen LogP contribution is 2.03. The summed E-state index contributed by atoms with van der Waals surface area (Å²) in [7, 11) is -4.67. The van der Waals surface area contributed by atoms with E-state index in [0.29, 0.717) is 0 Å². The minimum Gasteiger partial charge on any atom is -0.394 e. The van der Waals surface area contributed by atoms with Gasteiger partial charge in [0.25, 0.3) is 0 Å². The highest BCUT2D eigenvalue weighted by molar-refractivity contribution is 7.79. The Morgan fingerprint density at radius 1 is 1.20 bits per heavy atom. The van der Waals surface area contributed by atoms with Gasteiger partial charge in [0.15, 0.2) is 0 Å². The van der Waals surface area contributed by atoms with Gasteiger partial charge in [0.1, 0.15) is 30.6 Å². The van der Waals surface area contributed by atoms with E-state index in [1.807, 2.05) is 0 Å². The summed E-state index contributed by atoms with van der Waals surface area (Å²) in [6.07, 6.45) is -4.72. The topological polar surface area (TPSA) is 202 Å². The second-order valence-corrected chi connectivity index (χ2v) is 4.44. The van der Waals surface area contributed by atoms with E-state index < -0.39 is 47.3 Å². The van der Waals surface area contributed by atoms with Crippen molar-refractivity contribution in [1.82, 2.24) is 5.32 Å². The largest absolute Gasteiger partial charge is 0.394 e. The molecular weight excluding hydrogens is 302 g/mol. The highest BCUT2D eigenvalue weighted by atomic mass is 32.3. The van der Waals surface area contributed by atoms with Crippen LogP contribution in [-0.4, -0.2) is 81.1 Å². The molecule has 12 heteroatoms. The van der Waals surface area contributed by atoms with E-state index in [4.69, 9.17) is 27.7 Å². The van der Waals surface area contributed by atoms with E-state index in [2.05, 4.69) is 5.32 Å². The molecule has 1 amide bonds. The summed E-state index contributed by atoms with van der Waals surface area (Å²) in [6, 6.07) is -1.32. The molecule has 20 heavy (non-hydrogen) atoms. The van der Waals surface area contributed by atoms with Crippen LogP contribution in [0, 0.1) is 0 Å². The molecule has 0 aromatic rings. The number of rotatable bonds is 6. The maximum atomic E-state index is 10.6. The third kappa shape index (κ3) is 11.9. The van der Waals surface area contributed by atoms with Crippen LogP contribution in [0.1, 0.15) is 6.92 Å². The molecule has 0 aliphatic rings. The van der Waals surface area contributed by atoms with Crippen LogP contribution in [0.15, 0.2) is 0 Å². The first-order valence-corrected chi connectivity index (χ1v) is 6.41. The lowest BCUT2D eigenvalue weighted by Gasteiger charge is -2.25. The van der Waals surface area contributed by atoms with Crippen molar-refractivity contribution in [3.05, 3.63) is 0 Å². The van der Waals surface area contributed by atoms with Crippen LogP contribution in [-0.2, 0) is 20.0 Å². The summed E-state index contributed by atoms with van der Waals surface area (Å²) < 4.78 is 31.6. The summed E-state index contributed by atoms with van der Waals surface area (Å²) in [4.78, 5) is 21.1. The van der Waals surface area contributed by atoms with Crippen LogP contribution >= 0.6 is 0 Å². The predicted molar refractivity (Wildman–Crippen MR) is 63.0 cm³/mol. The molecule has 0 unspecified atom stereocenters. The van der Waals surface area contributed by atoms with Gasteiger partial charge in [0.2, 0.25) is 5.91 Å². The van der Waals surface area contributed by atoms with Gasteiger partial charge in [-0.1, -0.05) is 0 Å². The molecule has 0 rings (SSSR count). The molecule has 120 valence electrons. The molecule has 0 aliphatic heterocycles. The Hall–Kier alpha value is -1.15. The van der Waals surface area contributed by atoms with E-state index in [-0.39, 0.29) is 6.29 Å². The Bertz CT molecular complexity index is 388. The molecule has 4 atom stereocenters. The fraction of sp³-hybridized carbons (Fsp3) is 0.750. The van der Waals surface area contributed by atoms with Gasteiger partial charge in [-0.2, -0.15) is 8.42 Å². The van der Waals surface area contributed by atoms with Crippen molar-refractivity contribution in [2.24, 2.45) is 0 Å². The van der Waals surface area contributed by atoms with E-state index in [1.54, 1.807) is 0 Å². The van der Waals surface area contributed by atoms with Crippen molar-refractivity contribution in [1.29, 1.82) is 0 Å². The van der Waals surface area contributed by atoms with Gasteiger partial charge in [-0.25, -0.2) is 0 Å². The number of nitrogens with one attached hydrogen (secondary N) is 1. The molecule has 7 N–H and O–H groups in total. The van der Waals surface area contributed by atoms with Crippen LogP contribution in [0.4, 0.5) is 0 Å². The van der Waals surface area contributed by atoms with Gasteiger partial charge in [0.05, 0.1) is 6.61 Å². The summed E-state index contributed by atoms with van der Waals surface area (Å²) in [6.45, 7) is 0.377. The Morgan fingerprint density at radius 2 is 1.60 bits per heavy atom. The molecule has 0 aromatic carbocycles. The number of hydrogen-bond acceptors (Lipinski definition) is 8. The quantitative estimate of drug-likeness (QED) is 0.187. The van der Waals surface area contributed by atoms with Crippen molar-refractivity contribution < 1.29 is 47.5 Å². The number of hydrogen-bond donors (Lipinski definition) is 7. The summed E-state index contributed by atoms with van der Waals surface area (Å²) in [5.41, 5.74) is 0. The first kappa shape index (κ1) is 21.2. The van der Waals surface area contributed by atoms with Gasteiger partial charge < -0.3 is 30.5 Å². The fourth-order valence-corrected chi connectivity index (χ4v) is 0.983. The van der Waals surface area contributed by atoms with Crippen molar-refractivity contribution in [3.63, 3.8) is 0 Å². The Balaban J connectivity index is 0. The number of aldehydes is 1. The molecule has 0 spiro atoms. The number of carbonyl (C=O) groups excluding carboxylic acids is 2. The molecule has 0 fully saturated rings. The van der Waals surface area contributed by atoms with Crippen molar-refractivity contribution in [3.8, 4) is 0 Å². The van der Waals surface area contributed by atoms with Gasteiger partial charge >= 0.3 is 10.4 Å². The third-order valence-corrected chi connectivity index (χ3v) is 1.82. The molecule has 0 bridgehead atoms. The smallest absolute Gasteiger partial charge is 0.394 e. The Kier molecular flexibility index (Phi) is 10.3. The minimum atomic E-state index is -4.67. The number of carbonyl (C=O) groups is 2. The fourth-order valence-electron chi connectivity index (χ4n) is 0.983. The molecule has 0 saturated carbocycles. The molecule has 11 nitrogen and oxygen atoms in total. The first-order valence-electron chi connectivity index (χ1n) is 5.01. The SMILES string of the molecule is CC(=O)N[C@@H](C=O)[C@@H](O)[C@H](O)[C@H](O)CO.O=S(=O)(O)O. The second kappa shape index (κ2) is 9.71. The summed E-state index contributed by atoms with van der Waals surface area (Å²) >= 11 is 0. The van der Waals surface area contributed by atoms with Crippen LogP contribution in [0.25, 0.3) is 0 Å². The van der Waals surface area contributed by atoms with Crippen LogP contribution in [0.2, 0.25) is 0 Å². The summed E-state index contributed by atoms with van der Waals surface area (Å²) in [5.74, 6) is -0.558. The van der Waals surface area contributed by atoms with E-state index in [1.165, 1.54) is 0 Å². The zero-order chi connectivity index (χ0) is 16.5. The van der Waals surface area contributed by atoms with Crippen molar-refractivity contribution >= 4 is 22.6 Å². The number of aliphatic hydroxyl groups is 4. The van der Waals surface area contributed by atoms with Gasteiger partial charge in [0, 0.05) is 6.92 Å². The van der Waals surface area contributed by atoms with Crippen LogP contribution in [0.5, 0.6) is 0 Å². The van der Waals surface area contributed by atoms with Crippen molar-refractivity contribution in [2.75, 3.05) is 6.61 Å². The molecule has 0 saturated heterocycles. The average Bonchev–Trinajstić information content (AvgIpc) is 2.30. The second-order valence-electron chi connectivity index (χ2n) is 3.54. The third-order valence-electron chi connectivity index (χ3n) is 1.82. The summed E-state index contributed by atoms with van der Waals surface area (Å²) in [5, 5.41) is 38.2. The maximum absolute atomic E-state index is 10.6. The van der Waals surface area contributed by atoms with Gasteiger partial charge in [-0.3, -0.25) is 13.9 Å².